The summed E-state index contributed by atoms with van der Waals surface area (Å²) in [5.74, 6) is 0.824. The average molecular weight is 484 g/mol. The third-order valence-corrected chi connectivity index (χ3v) is 6.58. The summed E-state index contributed by atoms with van der Waals surface area (Å²) in [6, 6.07) is 12.0. The Labute approximate surface area is 203 Å². The lowest BCUT2D eigenvalue weighted by molar-refractivity contribution is -0.128. The molecule has 1 atom stereocenters. The van der Waals surface area contributed by atoms with Gasteiger partial charge in [0.25, 0.3) is 0 Å². The van der Waals surface area contributed by atoms with Crippen molar-refractivity contribution in [1.29, 1.82) is 5.26 Å². The zero-order valence-corrected chi connectivity index (χ0v) is 20.5. The second kappa shape index (κ2) is 9.24. The molecule has 6 nitrogen and oxygen atoms in total. The van der Waals surface area contributed by atoms with Crippen LogP contribution in [0.3, 0.4) is 0 Å². The highest BCUT2D eigenvalue weighted by molar-refractivity contribution is 6.34. The number of nitrogens with zero attached hydrogens (tertiary/aromatic N) is 3. The molecule has 1 aliphatic rings. The number of amides is 1. The number of rotatable bonds is 5. The van der Waals surface area contributed by atoms with Crippen molar-refractivity contribution in [2.75, 3.05) is 18.0 Å². The maximum atomic E-state index is 12.2. The summed E-state index contributed by atoms with van der Waals surface area (Å²) in [6.07, 6.45) is 1.38. The topological polar surface area (TPSA) is 84.8 Å². The van der Waals surface area contributed by atoms with Gasteiger partial charge >= 0.3 is 0 Å². The van der Waals surface area contributed by atoms with E-state index in [0.717, 1.165) is 46.6 Å². The number of carbonyl (C=O) groups is 1. The van der Waals surface area contributed by atoms with Crippen LogP contribution >= 0.6 is 23.2 Å². The van der Waals surface area contributed by atoms with Gasteiger partial charge in [-0.25, -0.2) is 4.98 Å². The molecule has 0 spiro atoms. The Morgan fingerprint density at radius 3 is 2.76 bits per heavy atom. The lowest BCUT2D eigenvalue weighted by atomic mass is 9.95. The van der Waals surface area contributed by atoms with Crippen molar-refractivity contribution in [2.45, 2.75) is 40.2 Å². The Hall–Kier alpha value is -2.75. The van der Waals surface area contributed by atoms with E-state index < -0.39 is 5.41 Å². The van der Waals surface area contributed by atoms with Crippen LogP contribution in [-0.2, 0) is 17.8 Å². The van der Waals surface area contributed by atoms with Crippen molar-refractivity contribution in [3.8, 4) is 6.07 Å². The first-order valence-corrected chi connectivity index (χ1v) is 11.8. The Bertz CT molecular complexity index is 1240. The minimum Gasteiger partial charge on any atom is -0.369 e. The van der Waals surface area contributed by atoms with Crippen molar-refractivity contribution >= 4 is 45.8 Å². The minimum atomic E-state index is -0.436. The predicted octanol–water partition coefficient (Wildman–Crippen LogP) is 5.47. The summed E-state index contributed by atoms with van der Waals surface area (Å²) >= 11 is 13.0. The predicted molar refractivity (Wildman–Crippen MR) is 133 cm³/mol. The molecule has 0 bridgehead atoms. The highest BCUT2D eigenvalue weighted by Crippen LogP contribution is 2.34. The number of benzene rings is 2. The van der Waals surface area contributed by atoms with E-state index in [1.807, 2.05) is 51.1 Å². The van der Waals surface area contributed by atoms with E-state index in [4.69, 9.17) is 28.2 Å². The fourth-order valence-corrected chi connectivity index (χ4v) is 4.45. The number of nitrogens with one attached hydrogen (secondary N) is 2. The molecule has 4 rings (SSSR count). The molecule has 2 aromatic carbocycles. The fraction of sp³-hybridized carbons (Fsp3) is 0.400. The largest absolute Gasteiger partial charge is 0.369 e. The Morgan fingerprint density at radius 1 is 1.27 bits per heavy atom. The van der Waals surface area contributed by atoms with Crippen LogP contribution in [0.4, 0.5) is 5.69 Å². The summed E-state index contributed by atoms with van der Waals surface area (Å²) in [5.41, 5.74) is 4.08. The van der Waals surface area contributed by atoms with Gasteiger partial charge < -0.3 is 15.2 Å². The molecule has 1 amide bonds. The van der Waals surface area contributed by atoms with Gasteiger partial charge in [-0.2, -0.15) is 5.26 Å². The van der Waals surface area contributed by atoms with Crippen LogP contribution in [0.2, 0.25) is 10.0 Å². The number of imidazole rings is 1. The van der Waals surface area contributed by atoms with E-state index in [1.165, 1.54) is 0 Å². The van der Waals surface area contributed by atoms with Gasteiger partial charge in [0, 0.05) is 36.5 Å². The van der Waals surface area contributed by atoms with Crippen molar-refractivity contribution < 1.29 is 4.79 Å². The number of hydrogen-bond donors (Lipinski definition) is 2. The van der Waals surface area contributed by atoms with Crippen LogP contribution < -0.4 is 10.2 Å². The smallest absolute Gasteiger partial charge is 0.225 e. The van der Waals surface area contributed by atoms with Gasteiger partial charge in [-0.3, -0.25) is 4.79 Å². The molecule has 1 aromatic heterocycles. The van der Waals surface area contributed by atoms with E-state index in [9.17, 15) is 10.1 Å². The molecule has 8 heteroatoms. The Morgan fingerprint density at radius 2 is 2.06 bits per heavy atom. The quantitative estimate of drug-likeness (QED) is 0.503. The molecule has 3 aromatic rings. The van der Waals surface area contributed by atoms with E-state index in [2.05, 4.69) is 21.3 Å². The average Bonchev–Trinajstić information content (AvgIpc) is 3.38. The first kappa shape index (κ1) is 23.4. The van der Waals surface area contributed by atoms with Gasteiger partial charge in [0.1, 0.15) is 5.82 Å². The van der Waals surface area contributed by atoms with Gasteiger partial charge in [0.2, 0.25) is 5.91 Å². The van der Waals surface area contributed by atoms with Crippen LogP contribution in [0.15, 0.2) is 30.3 Å². The summed E-state index contributed by atoms with van der Waals surface area (Å²) in [5, 5.41) is 13.5. The van der Waals surface area contributed by atoms with Gasteiger partial charge in [0.05, 0.1) is 33.7 Å². The molecule has 2 heterocycles. The SMILES string of the molecule is CC(C)(C)C(=O)NCc1ccc(Cl)c(Cc2nc3cc(N4CCC(C#N)C4)c(Cl)cc3[nH]2)c1. The monoisotopic (exact) mass is 483 g/mol. The number of hydrogen-bond acceptors (Lipinski definition) is 4. The molecule has 1 fully saturated rings. The maximum Gasteiger partial charge on any atom is 0.225 e. The van der Waals surface area contributed by atoms with Crippen molar-refractivity contribution in [3.63, 3.8) is 0 Å². The first-order valence-electron chi connectivity index (χ1n) is 11.0. The summed E-state index contributed by atoms with van der Waals surface area (Å²) in [7, 11) is 0. The highest BCUT2D eigenvalue weighted by Gasteiger charge is 2.24. The van der Waals surface area contributed by atoms with Crippen molar-refractivity contribution in [1.82, 2.24) is 15.3 Å². The van der Waals surface area contributed by atoms with Gasteiger partial charge in [-0.15, -0.1) is 0 Å². The molecule has 0 radical (unpaired) electrons. The number of carbonyl (C=O) groups excluding carboxylic acids is 1. The van der Waals surface area contributed by atoms with Crippen LogP contribution in [0.1, 0.15) is 44.1 Å². The van der Waals surface area contributed by atoms with Crippen LogP contribution in [-0.4, -0.2) is 29.0 Å². The summed E-state index contributed by atoms with van der Waals surface area (Å²) < 4.78 is 0. The van der Waals surface area contributed by atoms with E-state index >= 15 is 0 Å². The second-order valence-corrected chi connectivity index (χ2v) is 10.4. The third-order valence-electron chi connectivity index (χ3n) is 5.91. The fourth-order valence-electron chi connectivity index (χ4n) is 3.98. The summed E-state index contributed by atoms with van der Waals surface area (Å²) in [4.78, 5) is 22.4. The number of nitriles is 1. The highest BCUT2D eigenvalue weighted by atomic mass is 35.5. The molecule has 172 valence electrons. The Balaban J connectivity index is 1.53. The summed E-state index contributed by atoms with van der Waals surface area (Å²) in [6.45, 7) is 7.61. The standard InChI is InChI=1S/C25H27Cl2N5O/c1-25(2,3)24(33)29-13-15-4-5-18(26)17(8-15)9-23-30-20-10-19(27)22(11-21(20)31-23)32-7-6-16(12-28)14-32/h4-5,8,10-11,16H,6-7,9,13-14H2,1-3H3,(H,29,33)(H,30,31). The maximum absolute atomic E-state index is 12.2. The van der Waals surface area contributed by atoms with Crippen LogP contribution in [0.25, 0.3) is 11.0 Å². The molecule has 1 aliphatic heterocycles. The number of aromatic amines is 1. The number of halogens is 2. The number of fused-ring (bicyclic) bond motifs is 1. The molecule has 0 aliphatic carbocycles. The molecular weight excluding hydrogens is 457 g/mol. The lowest BCUT2D eigenvalue weighted by Crippen LogP contribution is -2.34. The van der Waals surface area contributed by atoms with Crippen LogP contribution in [0.5, 0.6) is 0 Å². The van der Waals surface area contributed by atoms with E-state index in [-0.39, 0.29) is 11.8 Å². The van der Waals surface area contributed by atoms with Crippen molar-refractivity contribution in [2.24, 2.45) is 11.3 Å². The molecule has 2 N–H and O–H groups in total. The number of aromatic nitrogens is 2. The zero-order chi connectivity index (χ0) is 23.8. The second-order valence-electron chi connectivity index (χ2n) is 9.60. The molecule has 1 saturated heterocycles. The molecule has 0 saturated carbocycles. The molecule has 33 heavy (non-hydrogen) atoms. The Kier molecular flexibility index (Phi) is 6.56. The lowest BCUT2D eigenvalue weighted by Gasteiger charge is -2.19. The number of anilines is 1. The van der Waals surface area contributed by atoms with E-state index in [1.54, 1.807) is 0 Å². The van der Waals surface area contributed by atoms with Crippen LogP contribution in [0, 0.1) is 22.7 Å². The van der Waals surface area contributed by atoms with Gasteiger partial charge in [-0.1, -0.05) is 56.1 Å². The minimum absolute atomic E-state index is 0.00283. The van der Waals surface area contributed by atoms with E-state index in [0.29, 0.717) is 29.6 Å². The zero-order valence-electron chi connectivity index (χ0n) is 19.0. The molecular formula is C25H27Cl2N5O. The number of H-pyrrole nitrogens is 1. The first-order chi connectivity index (χ1) is 15.6. The third kappa shape index (κ3) is 5.26. The van der Waals surface area contributed by atoms with Gasteiger partial charge in [0.15, 0.2) is 0 Å². The molecule has 1 unspecified atom stereocenters. The van der Waals surface area contributed by atoms with Crippen molar-refractivity contribution in [3.05, 3.63) is 57.3 Å². The van der Waals surface area contributed by atoms with Gasteiger partial charge in [-0.05, 0) is 35.7 Å². The normalized spacial score (nSPS) is 16.2.